The van der Waals surface area contributed by atoms with Crippen molar-refractivity contribution >= 4 is 17.3 Å². The van der Waals surface area contributed by atoms with Crippen molar-refractivity contribution in [1.82, 2.24) is 0 Å². The predicted octanol–water partition coefficient (Wildman–Crippen LogP) is 4.19. The van der Waals surface area contributed by atoms with Gasteiger partial charge in [-0.15, -0.1) is 0 Å². The Bertz CT molecular complexity index is 631. The first-order chi connectivity index (χ1) is 8.50. The monoisotopic (exact) mass is 269 g/mol. The van der Waals surface area contributed by atoms with Crippen LogP contribution in [0, 0.1) is 21.7 Å². The lowest BCUT2D eigenvalue weighted by Crippen LogP contribution is -1.95. The van der Waals surface area contributed by atoms with Gasteiger partial charge in [0.25, 0.3) is 5.69 Å². The summed E-state index contributed by atoms with van der Waals surface area (Å²) in [6, 6.07) is 7.19. The highest BCUT2D eigenvalue weighted by molar-refractivity contribution is 6.31. The van der Waals surface area contributed by atoms with Gasteiger partial charge in [0.1, 0.15) is 0 Å². The van der Waals surface area contributed by atoms with E-state index in [-0.39, 0.29) is 21.8 Å². The van der Waals surface area contributed by atoms with E-state index >= 15 is 0 Å². The highest BCUT2D eigenvalue weighted by Crippen LogP contribution is 2.34. The van der Waals surface area contributed by atoms with E-state index in [1.807, 2.05) is 0 Å². The molecule has 0 unspecified atom stereocenters. The number of halogens is 3. The molecule has 0 saturated heterocycles. The van der Waals surface area contributed by atoms with Gasteiger partial charge in [0.05, 0.1) is 10.5 Å². The molecule has 0 atom stereocenters. The summed E-state index contributed by atoms with van der Waals surface area (Å²) < 4.78 is 26.7. The van der Waals surface area contributed by atoms with Crippen LogP contribution in [0.2, 0.25) is 5.02 Å². The van der Waals surface area contributed by atoms with E-state index in [2.05, 4.69) is 0 Å². The summed E-state index contributed by atoms with van der Waals surface area (Å²) in [5, 5.41) is 11.1. The third kappa shape index (κ3) is 2.17. The van der Waals surface area contributed by atoms with Crippen molar-refractivity contribution in [1.29, 1.82) is 0 Å². The standard InChI is InChI=1S/C12H6ClF2NO2/c13-7-4-5-11(16(17)18)9(6-7)8-2-1-3-10(14)12(8)15/h1-6H. The van der Waals surface area contributed by atoms with Crippen LogP contribution in [-0.2, 0) is 0 Å². The van der Waals surface area contributed by atoms with Gasteiger partial charge in [0, 0.05) is 16.7 Å². The molecule has 0 aliphatic rings. The predicted molar refractivity (Wildman–Crippen MR) is 63.5 cm³/mol. The molecule has 0 aliphatic carbocycles. The summed E-state index contributed by atoms with van der Waals surface area (Å²) in [5.74, 6) is -2.20. The zero-order valence-corrected chi connectivity index (χ0v) is 9.62. The number of nitro groups is 1. The molecule has 0 fully saturated rings. The Hall–Kier alpha value is -2.01. The van der Waals surface area contributed by atoms with E-state index in [4.69, 9.17) is 11.6 Å². The second-order valence-electron chi connectivity index (χ2n) is 3.52. The third-order valence-electron chi connectivity index (χ3n) is 2.40. The van der Waals surface area contributed by atoms with Crippen molar-refractivity contribution < 1.29 is 13.7 Å². The van der Waals surface area contributed by atoms with Gasteiger partial charge in [-0.3, -0.25) is 10.1 Å². The zero-order chi connectivity index (χ0) is 13.3. The molecule has 0 aliphatic heterocycles. The zero-order valence-electron chi connectivity index (χ0n) is 8.86. The molecule has 0 saturated carbocycles. The Morgan fingerprint density at radius 3 is 2.50 bits per heavy atom. The van der Waals surface area contributed by atoms with Crippen LogP contribution >= 0.6 is 11.6 Å². The van der Waals surface area contributed by atoms with Crippen LogP contribution in [-0.4, -0.2) is 4.92 Å². The fourth-order valence-corrected chi connectivity index (χ4v) is 1.77. The van der Waals surface area contributed by atoms with Crippen molar-refractivity contribution in [2.24, 2.45) is 0 Å². The molecule has 6 heteroatoms. The van der Waals surface area contributed by atoms with Crippen molar-refractivity contribution in [3.8, 4) is 11.1 Å². The lowest BCUT2D eigenvalue weighted by atomic mass is 10.0. The first kappa shape index (κ1) is 12.4. The molecule has 2 aromatic carbocycles. The summed E-state index contributed by atoms with van der Waals surface area (Å²) in [5.41, 5.74) is -0.572. The average Bonchev–Trinajstić information content (AvgIpc) is 2.32. The van der Waals surface area contributed by atoms with Gasteiger partial charge in [0.15, 0.2) is 11.6 Å². The number of hydrogen-bond donors (Lipinski definition) is 0. The fourth-order valence-electron chi connectivity index (χ4n) is 1.60. The Kier molecular flexibility index (Phi) is 3.25. The number of nitrogens with zero attached hydrogens (tertiary/aromatic N) is 1. The highest BCUT2D eigenvalue weighted by atomic mass is 35.5. The molecule has 0 amide bonds. The minimum Gasteiger partial charge on any atom is -0.258 e. The van der Waals surface area contributed by atoms with Crippen LogP contribution in [0.5, 0.6) is 0 Å². The van der Waals surface area contributed by atoms with Gasteiger partial charge >= 0.3 is 0 Å². The Labute approximate surface area is 106 Å². The molecule has 0 heterocycles. The average molecular weight is 270 g/mol. The maximum Gasteiger partial charge on any atom is 0.277 e. The summed E-state index contributed by atoms with van der Waals surface area (Å²) in [6.07, 6.45) is 0. The van der Waals surface area contributed by atoms with Crippen LogP contribution in [0.4, 0.5) is 14.5 Å². The van der Waals surface area contributed by atoms with Crippen molar-refractivity contribution in [2.45, 2.75) is 0 Å². The van der Waals surface area contributed by atoms with Crippen molar-refractivity contribution in [3.63, 3.8) is 0 Å². The molecule has 0 radical (unpaired) electrons. The lowest BCUT2D eigenvalue weighted by molar-refractivity contribution is -0.384. The number of nitro benzene ring substituents is 1. The fraction of sp³-hybridized carbons (Fsp3) is 0. The van der Waals surface area contributed by atoms with E-state index in [9.17, 15) is 18.9 Å². The van der Waals surface area contributed by atoms with E-state index in [1.165, 1.54) is 24.3 Å². The van der Waals surface area contributed by atoms with E-state index in [0.29, 0.717) is 0 Å². The van der Waals surface area contributed by atoms with Crippen LogP contribution < -0.4 is 0 Å². The summed E-state index contributed by atoms with van der Waals surface area (Å²) in [6.45, 7) is 0. The molecule has 2 rings (SSSR count). The smallest absolute Gasteiger partial charge is 0.258 e. The quantitative estimate of drug-likeness (QED) is 0.606. The molecule has 3 nitrogen and oxygen atoms in total. The SMILES string of the molecule is O=[N+]([O-])c1ccc(Cl)cc1-c1cccc(F)c1F. The molecule has 0 spiro atoms. The Morgan fingerprint density at radius 2 is 1.83 bits per heavy atom. The summed E-state index contributed by atoms with van der Waals surface area (Å²) in [4.78, 5) is 10.2. The summed E-state index contributed by atoms with van der Waals surface area (Å²) in [7, 11) is 0. The van der Waals surface area contributed by atoms with E-state index < -0.39 is 16.6 Å². The van der Waals surface area contributed by atoms with Gasteiger partial charge in [-0.25, -0.2) is 8.78 Å². The maximum atomic E-state index is 13.6. The molecular weight excluding hydrogens is 264 g/mol. The number of benzene rings is 2. The molecule has 0 bridgehead atoms. The highest BCUT2D eigenvalue weighted by Gasteiger charge is 2.19. The first-order valence-electron chi connectivity index (χ1n) is 4.89. The Morgan fingerprint density at radius 1 is 1.11 bits per heavy atom. The van der Waals surface area contributed by atoms with Gasteiger partial charge in [0.2, 0.25) is 0 Å². The van der Waals surface area contributed by atoms with E-state index in [0.717, 1.165) is 12.1 Å². The van der Waals surface area contributed by atoms with Gasteiger partial charge in [-0.2, -0.15) is 0 Å². The third-order valence-corrected chi connectivity index (χ3v) is 2.63. The van der Waals surface area contributed by atoms with Crippen molar-refractivity contribution in [2.75, 3.05) is 0 Å². The van der Waals surface area contributed by atoms with Crippen LogP contribution in [0.1, 0.15) is 0 Å². The Balaban J connectivity index is 2.73. The molecule has 0 N–H and O–H groups in total. The van der Waals surface area contributed by atoms with E-state index in [1.54, 1.807) is 0 Å². The lowest BCUT2D eigenvalue weighted by Gasteiger charge is -2.05. The van der Waals surface area contributed by atoms with Gasteiger partial charge in [-0.1, -0.05) is 23.7 Å². The van der Waals surface area contributed by atoms with Gasteiger partial charge < -0.3 is 0 Å². The van der Waals surface area contributed by atoms with Crippen LogP contribution in [0.25, 0.3) is 11.1 Å². The molecule has 0 aromatic heterocycles. The minimum absolute atomic E-state index is 0.0514. The summed E-state index contributed by atoms with van der Waals surface area (Å²) >= 11 is 5.72. The maximum absolute atomic E-state index is 13.6. The topological polar surface area (TPSA) is 43.1 Å². The largest absolute Gasteiger partial charge is 0.277 e. The number of hydrogen-bond acceptors (Lipinski definition) is 2. The molecule has 92 valence electrons. The second kappa shape index (κ2) is 4.70. The second-order valence-corrected chi connectivity index (χ2v) is 3.96. The molecular formula is C12H6ClF2NO2. The van der Waals surface area contributed by atoms with Gasteiger partial charge in [-0.05, 0) is 18.2 Å². The normalized spacial score (nSPS) is 10.4. The molecule has 18 heavy (non-hydrogen) atoms. The van der Waals surface area contributed by atoms with Crippen LogP contribution in [0.3, 0.4) is 0 Å². The molecule has 2 aromatic rings. The first-order valence-corrected chi connectivity index (χ1v) is 5.27. The minimum atomic E-state index is -1.14. The van der Waals surface area contributed by atoms with Crippen molar-refractivity contribution in [3.05, 3.63) is 63.2 Å². The number of rotatable bonds is 2. The van der Waals surface area contributed by atoms with Crippen LogP contribution in [0.15, 0.2) is 36.4 Å².